The van der Waals surface area contributed by atoms with Crippen LogP contribution in [0.1, 0.15) is 50.5 Å². The molecule has 3 aliphatic rings. The summed E-state index contributed by atoms with van der Waals surface area (Å²) in [6.07, 6.45) is 5.71. The molecule has 0 aromatic heterocycles. The van der Waals surface area contributed by atoms with E-state index in [0.717, 1.165) is 31.2 Å². The third-order valence-electron chi connectivity index (χ3n) is 6.25. The number of carbonyl (C=O) groups is 3. The molecule has 0 spiro atoms. The zero-order chi connectivity index (χ0) is 21.6. The molecule has 0 radical (unpaired) electrons. The molecule has 1 aromatic carbocycles. The highest BCUT2D eigenvalue weighted by molar-refractivity contribution is 6.39. The Morgan fingerprint density at radius 2 is 1.84 bits per heavy atom. The van der Waals surface area contributed by atoms with Crippen molar-refractivity contribution < 1.29 is 19.1 Å². The Morgan fingerprint density at radius 1 is 1.06 bits per heavy atom. The van der Waals surface area contributed by atoms with Gasteiger partial charge < -0.3 is 14.5 Å². The van der Waals surface area contributed by atoms with Gasteiger partial charge in [-0.15, -0.1) is 0 Å². The van der Waals surface area contributed by atoms with Crippen LogP contribution in [-0.4, -0.2) is 65.0 Å². The van der Waals surface area contributed by atoms with Gasteiger partial charge >= 0.3 is 0 Å². The molecule has 1 atom stereocenters. The molecule has 2 fully saturated rings. The van der Waals surface area contributed by atoms with Crippen molar-refractivity contribution in [2.24, 2.45) is 5.10 Å². The lowest BCUT2D eigenvalue weighted by Gasteiger charge is -2.34. The highest BCUT2D eigenvalue weighted by Gasteiger charge is 2.36. The fourth-order valence-electron chi connectivity index (χ4n) is 4.55. The summed E-state index contributed by atoms with van der Waals surface area (Å²) in [7, 11) is 0. The summed E-state index contributed by atoms with van der Waals surface area (Å²) in [4.78, 5) is 41.1. The molecule has 166 valence electrons. The third kappa shape index (κ3) is 5.50. The fraction of sp³-hybridized carbons (Fsp3) is 0.565. The molecule has 3 amide bonds. The van der Waals surface area contributed by atoms with Crippen molar-refractivity contribution in [1.82, 2.24) is 15.2 Å². The van der Waals surface area contributed by atoms with E-state index in [-0.39, 0.29) is 49.3 Å². The molecule has 2 aliphatic heterocycles. The van der Waals surface area contributed by atoms with E-state index >= 15 is 0 Å². The van der Waals surface area contributed by atoms with Crippen molar-refractivity contribution in [2.75, 3.05) is 19.6 Å². The van der Waals surface area contributed by atoms with Gasteiger partial charge in [0.1, 0.15) is 12.3 Å². The van der Waals surface area contributed by atoms with Crippen molar-refractivity contribution >= 4 is 23.4 Å². The standard InChI is InChI=1S/C23H30N4O4/c28-21-12-11-20(24-25-21)23(30)26-13-19(31-16-17-7-3-1-4-8-17)14-27(22(29)15-26)18-9-5-2-6-10-18/h1,3-4,7-8,18-19H,2,5-6,9-16H2,(H,25,28). The summed E-state index contributed by atoms with van der Waals surface area (Å²) in [5.41, 5.74) is 3.72. The van der Waals surface area contributed by atoms with E-state index in [0.29, 0.717) is 25.4 Å². The lowest BCUT2D eigenvalue weighted by Crippen LogP contribution is -2.46. The van der Waals surface area contributed by atoms with Gasteiger partial charge in [-0.25, -0.2) is 5.43 Å². The number of nitrogens with zero attached hydrogens (tertiary/aromatic N) is 3. The van der Waals surface area contributed by atoms with Crippen LogP contribution in [0, 0.1) is 0 Å². The predicted octanol–water partition coefficient (Wildman–Crippen LogP) is 1.84. The average molecular weight is 427 g/mol. The Hall–Kier alpha value is -2.74. The Bertz CT molecular complexity index is 835. The van der Waals surface area contributed by atoms with Crippen molar-refractivity contribution in [3.05, 3.63) is 35.9 Å². The Balaban J connectivity index is 1.50. The second kappa shape index (κ2) is 10.0. The molecule has 1 saturated carbocycles. The van der Waals surface area contributed by atoms with Gasteiger partial charge in [0.05, 0.1) is 12.7 Å². The van der Waals surface area contributed by atoms with Gasteiger partial charge in [-0.2, -0.15) is 5.10 Å². The quantitative estimate of drug-likeness (QED) is 0.778. The molecular formula is C23H30N4O4. The zero-order valence-electron chi connectivity index (χ0n) is 17.8. The van der Waals surface area contributed by atoms with Crippen molar-refractivity contribution in [2.45, 2.75) is 63.7 Å². The predicted molar refractivity (Wildman–Crippen MR) is 115 cm³/mol. The number of carbonyl (C=O) groups excluding carboxylic acids is 3. The highest BCUT2D eigenvalue weighted by Crippen LogP contribution is 2.25. The monoisotopic (exact) mass is 426 g/mol. The molecule has 31 heavy (non-hydrogen) atoms. The molecule has 1 unspecified atom stereocenters. The Morgan fingerprint density at radius 3 is 2.55 bits per heavy atom. The second-order valence-corrected chi connectivity index (χ2v) is 8.54. The first-order valence-electron chi connectivity index (χ1n) is 11.2. The number of benzene rings is 1. The Labute approximate surface area is 182 Å². The van der Waals surface area contributed by atoms with Gasteiger partial charge in [0, 0.05) is 32.0 Å². The third-order valence-corrected chi connectivity index (χ3v) is 6.25. The van der Waals surface area contributed by atoms with Crippen LogP contribution in [0.2, 0.25) is 0 Å². The molecule has 1 aliphatic carbocycles. The zero-order valence-corrected chi connectivity index (χ0v) is 17.8. The summed E-state index contributed by atoms with van der Waals surface area (Å²) in [6, 6.07) is 10.1. The maximum atomic E-state index is 13.1. The first-order valence-corrected chi connectivity index (χ1v) is 11.2. The summed E-state index contributed by atoms with van der Waals surface area (Å²) < 4.78 is 6.21. The van der Waals surface area contributed by atoms with E-state index in [2.05, 4.69) is 10.5 Å². The van der Waals surface area contributed by atoms with E-state index in [1.54, 1.807) is 0 Å². The molecule has 1 saturated heterocycles. The van der Waals surface area contributed by atoms with E-state index in [1.165, 1.54) is 11.3 Å². The van der Waals surface area contributed by atoms with Gasteiger partial charge in [0.2, 0.25) is 11.8 Å². The lowest BCUT2D eigenvalue weighted by molar-refractivity contribution is -0.137. The van der Waals surface area contributed by atoms with Crippen LogP contribution in [0.3, 0.4) is 0 Å². The smallest absolute Gasteiger partial charge is 0.270 e. The van der Waals surface area contributed by atoms with Gasteiger partial charge in [0.25, 0.3) is 5.91 Å². The number of ether oxygens (including phenoxy) is 1. The largest absolute Gasteiger partial charge is 0.370 e. The first kappa shape index (κ1) is 21.5. The van der Waals surface area contributed by atoms with Crippen LogP contribution in [0.25, 0.3) is 0 Å². The minimum Gasteiger partial charge on any atom is -0.370 e. The van der Waals surface area contributed by atoms with Crippen molar-refractivity contribution in [3.63, 3.8) is 0 Å². The molecular weight excluding hydrogens is 396 g/mol. The molecule has 2 heterocycles. The molecule has 0 bridgehead atoms. The van der Waals surface area contributed by atoms with E-state index in [4.69, 9.17) is 4.74 Å². The van der Waals surface area contributed by atoms with Crippen LogP contribution in [0.5, 0.6) is 0 Å². The van der Waals surface area contributed by atoms with Crippen LogP contribution < -0.4 is 5.43 Å². The second-order valence-electron chi connectivity index (χ2n) is 8.54. The van der Waals surface area contributed by atoms with E-state index in [9.17, 15) is 14.4 Å². The van der Waals surface area contributed by atoms with Crippen LogP contribution in [0.4, 0.5) is 0 Å². The minimum atomic E-state index is -0.299. The van der Waals surface area contributed by atoms with Crippen molar-refractivity contribution in [3.8, 4) is 0 Å². The van der Waals surface area contributed by atoms with E-state index in [1.807, 2.05) is 35.2 Å². The van der Waals surface area contributed by atoms with Gasteiger partial charge in [-0.1, -0.05) is 49.6 Å². The maximum absolute atomic E-state index is 13.1. The lowest BCUT2D eigenvalue weighted by atomic mass is 9.94. The molecule has 1 N–H and O–H groups in total. The van der Waals surface area contributed by atoms with Crippen LogP contribution in [-0.2, 0) is 25.7 Å². The Kier molecular flexibility index (Phi) is 6.96. The number of amides is 3. The maximum Gasteiger partial charge on any atom is 0.270 e. The topological polar surface area (TPSA) is 91.3 Å². The SMILES string of the molecule is O=C1CCC(C(=O)N2CC(=O)N(C3CCCCC3)CC(OCc3ccccc3)C2)=NN1. The molecule has 8 heteroatoms. The number of nitrogens with one attached hydrogen (secondary N) is 1. The summed E-state index contributed by atoms with van der Waals surface area (Å²) in [6.45, 7) is 1.27. The fourth-order valence-corrected chi connectivity index (χ4v) is 4.55. The van der Waals surface area contributed by atoms with Crippen LogP contribution in [0.15, 0.2) is 35.4 Å². The van der Waals surface area contributed by atoms with Crippen molar-refractivity contribution in [1.29, 1.82) is 0 Å². The molecule has 8 nitrogen and oxygen atoms in total. The van der Waals surface area contributed by atoms with Gasteiger partial charge in [-0.3, -0.25) is 14.4 Å². The van der Waals surface area contributed by atoms with E-state index < -0.39 is 0 Å². The first-order chi connectivity index (χ1) is 15.1. The number of hydrogen-bond donors (Lipinski definition) is 1. The molecule has 1 aromatic rings. The summed E-state index contributed by atoms with van der Waals surface area (Å²) in [5.74, 6) is -0.533. The average Bonchev–Trinajstić information content (AvgIpc) is 2.98. The van der Waals surface area contributed by atoms with Gasteiger partial charge in [0.15, 0.2) is 0 Å². The minimum absolute atomic E-state index is 0.0213. The molecule has 4 rings (SSSR count). The summed E-state index contributed by atoms with van der Waals surface area (Å²) >= 11 is 0. The number of rotatable bonds is 5. The summed E-state index contributed by atoms with van der Waals surface area (Å²) in [5, 5.41) is 3.93. The van der Waals surface area contributed by atoms with Gasteiger partial charge in [-0.05, 0) is 18.4 Å². The van der Waals surface area contributed by atoms with Crippen LogP contribution >= 0.6 is 0 Å². The highest BCUT2D eigenvalue weighted by atomic mass is 16.5. The number of hydrogen-bond acceptors (Lipinski definition) is 5. The normalized spacial score (nSPS) is 23.2. The number of hydrazone groups is 1.